The summed E-state index contributed by atoms with van der Waals surface area (Å²) < 4.78 is 17.7. The quantitative estimate of drug-likeness (QED) is 0.561. The summed E-state index contributed by atoms with van der Waals surface area (Å²) in [6.45, 7) is 4.09. The molecule has 0 spiro atoms. The van der Waals surface area contributed by atoms with Crippen molar-refractivity contribution in [2.75, 3.05) is 6.61 Å². The Morgan fingerprint density at radius 2 is 2.40 bits per heavy atom. The lowest BCUT2D eigenvalue weighted by molar-refractivity contribution is 0.286. The molecule has 1 rings (SSSR count). The third kappa shape index (κ3) is 2.62. The minimum Gasteiger partial charge on any atom is -0.420 e. The number of halogens is 1. The van der Waals surface area contributed by atoms with E-state index in [9.17, 15) is 4.39 Å². The predicted molar refractivity (Wildman–Crippen MR) is 42.2 cm³/mol. The summed E-state index contributed by atoms with van der Waals surface area (Å²) in [6.07, 6.45) is 2.38. The van der Waals surface area contributed by atoms with Crippen molar-refractivity contribution in [2.24, 2.45) is 0 Å². The van der Waals surface area contributed by atoms with Gasteiger partial charge in [-0.25, -0.2) is 4.39 Å². The summed E-state index contributed by atoms with van der Waals surface area (Å²) in [7, 11) is -1.16. The maximum Gasteiger partial charge on any atom is 0.183 e. The van der Waals surface area contributed by atoms with Gasteiger partial charge in [-0.2, -0.15) is 0 Å². The molecule has 1 saturated heterocycles. The van der Waals surface area contributed by atoms with Crippen LogP contribution in [0.15, 0.2) is 12.4 Å². The average molecular weight is 160 g/mol. The van der Waals surface area contributed by atoms with Crippen LogP contribution < -0.4 is 0 Å². The molecule has 0 aliphatic carbocycles. The molecule has 1 atom stereocenters. The Kier molecular flexibility index (Phi) is 3.09. The highest BCUT2D eigenvalue weighted by atomic mass is 28.3. The Hall–Kier alpha value is -0.153. The maximum absolute atomic E-state index is 12.2. The number of hydrogen-bond acceptors (Lipinski definition) is 1. The Bertz CT molecular complexity index is 121. The summed E-state index contributed by atoms with van der Waals surface area (Å²) in [5.41, 5.74) is 0. The standard InChI is InChI=1S/C7H13FOSi/c1-7(8)6-10-5-3-2-4-9-10/h10H,1-6H2. The molecule has 0 amide bonds. The van der Waals surface area contributed by atoms with Crippen LogP contribution in [0.4, 0.5) is 4.39 Å². The molecule has 1 unspecified atom stereocenters. The van der Waals surface area contributed by atoms with Gasteiger partial charge in [0.15, 0.2) is 9.04 Å². The van der Waals surface area contributed by atoms with Gasteiger partial charge < -0.3 is 4.43 Å². The molecule has 1 fully saturated rings. The molecule has 1 aliphatic rings. The van der Waals surface area contributed by atoms with E-state index in [4.69, 9.17) is 4.43 Å². The molecule has 0 radical (unpaired) electrons. The lowest BCUT2D eigenvalue weighted by atomic mass is 10.4. The van der Waals surface area contributed by atoms with E-state index < -0.39 is 9.04 Å². The third-order valence-electron chi connectivity index (χ3n) is 1.72. The summed E-state index contributed by atoms with van der Waals surface area (Å²) >= 11 is 0. The van der Waals surface area contributed by atoms with Gasteiger partial charge in [-0.3, -0.25) is 0 Å². The molecule has 0 N–H and O–H groups in total. The van der Waals surface area contributed by atoms with Crippen molar-refractivity contribution in [1.29, 1.82) is 0 Å². The lowest BCUT2D eigenvalue weighted by Crippen LogP contribution is -2.22. The first kappa shape index (κ1) is 7.95. The highest BCUT2D eigenvalue weighted by Gasteiger charge is 2.16. The molecule has 58 valence electrons. The van der Waals surface area contributed by atoms with Crippen LogP contribution in [0.5, 0.6) is 0 Å². The van der Waals surface area contributed by atoms with E-state index in [1.165, 1.54) is 6.42 Å². The van der Waals surface area contributed by atoms with Crippen molar-refractivity contribution < 1.29 is 8.82 Å². The smallest absolute Gasteiger partial charge is 0.183 e. The zero-order valence-corrected chi connectivity index (χ0v) is 7.26. The van der Waals surface area contributed by atoms with Crippen LogP contribution in [-0.4, -0.2) is 15.6 Å². The van der Waals surface area contributed by atoms with Gasteiger partial charge in [-0.15, -0.1) is 0 Å². The molecule has 3 heteroatoms. The van der Waals surface area contributed by atoms with E-state index in [0.29, 0.717) is 6.04 Å². The summed E-state index contributed by atoms with van der Waals surface area (Å²) in [6, 6.07) is 1.66. The van der Waals surface area contributed by atoms with Crippen molar-refractivity contribution in [3.63, 3.8) is 0 Å². The second-order valence-electron chi connectivity index (χ2n) is 2.71. The van der Waals surface area contributed by atoms with E-state index in [0.717, 1.165) is 19.1 Å². The van der Waals surface area contributed by atoms with Gasteiger partial charge in [0.05, 0.1) is 5.83 Å². The maximum atomic E-state index is 12.2. The highest BCUT2D eigenvalue weighted by molar-refractivity contribution is 6.52. The Labute approximate surface area is 62.6 Å². The second-order valence-corrected chi connectivity index (χ2v) is 5.27. The molecule has 0 aromatic rings. The number of hydrogen-bond donors (Lipinski definition) is 0. The van der Waals surface area contributed by atoms with Crippen LogP contribution in [0.1, 0.15) is 12.8 Å². The Morgan fingerprint density at radius 3 is 2.90 bits per heavy atom. The van der Waals surface area contributed by atoms with Crippen LogP contribution in [-0.2, 0) is 4.43 Å². The first-order chi connectivity index (χ1) is 4.79. The minimum atomic E-state index is -1.16. The highest BCUT2D eigenvalue weighted by Crippen LogP contribution is 2.17. The van der Waals surface area contributed by atoms with Gasteiger partial charge in [0.1, 0.15) is 0 Å². The minimum absolute atomic E-state index is 0.196. The van der Waals surface area contributed by atoms with Crippen LogP contribution in [0.2, 0.25) is 12.1 Å². The molecule has 0 aromatic carbocycles. The molecule has 0 saturated carbocycles. The van der Waals surface area contributed by atoms with Gasteiger partial charge in [-0.1, -0.05) is 13.0 Å². The molecule has 0 bridgehead atoms. The average Bonchev–Trinajstić information content (AvgIpc) is 1.88. The van der Waals surface area contributed by atoms with E-state index in [1.54, 1.807) is 0 Å². The zero-order chi connectivity index (χ0) is 7.40. The van der Waals surface area contributed by atoms with Crippen LogP contribution in [0, 0.1) is 0 Å². The van der Waals surface area contributed by atoms with Crippen molar-refractivity contribution >= 4 is 9.04 Å². The van der Waals surface area contributed by atoms with E-state index in [1.807, 2.05) is 0 Å². The molecular formula is C7H13FOSi. The summed E-state index contributed by atoms with van der Waals surface area (Å²) in [4.78, 5) is 0. The fourth-order valence-corrected chi connectivity index (χ4v) is 3.44. The lowest BCUT2D eigenvalue weighted by Gasteiger charge is -2.19. The third-order valence-corrected chi connectivity index (χ3v) is 4.38. The summed E-state index contributed by atoms with van der Waals surface area (Å²) in [5.74, 6) is -0.196. The fraction of sp³-hybridized carbons (Fsp3) is 0.714. The first-order valence-corrected chi connectivity index (χ1v) is 5.84. The predicted octanol–water partition coefficient (Wildman–Crippen LogP) is 2.00. The SMILES string of the molecule is C=C(F)C[SiH]1CCCCO1. The number of rotatable bonds is 2. The first-order valence-electron chi connectivity index (χ1n) is 3.74. The van der Waals surface area contributed by atoms with E-state index in [-0.39, 0.29) is 5.83 Å². The van der Waals surface area contributed by atoms with Gasteiger partial charge in [0, 0.05) is 12.7 Å². The molecule has 10 heavy (non-hydrogen) atoms. The van der Waals surface area contributed by atoms with E-state index in [2.05, 4.69) is 6.58 Å². The van der Waals surface area contributed by atoms with Crippen LogP contribution >= 0.6 is 0 Å². The Balaban J connectivity index is 2.19. The van der Waals surface area contributed by atoms with Crippen molar-refractivity contribution in [2.45, 2.75) is 24.9 Å². The Morgan fingerprint density at radius 1 is 1.60 bits per heavy atom. The van der Waals surface area contributed by atoms with Crippen molar-refractivity contribution in [3.8, 4) is 0 Å². The molecule has 1 aliphatic heterocycles. The molecule has 1 heterocycles. The largest absolute Gasteiger partial charge is 0.420 e. The molecular weight excluding hydrogens is 147 g/mol. The zero-order valence-electron chi connectivity index (χ0n) is 6.11. The van der Waals surface area contributed by atoms with Crippen molar-refractivity contribution in [1.82, 2.24) is 0 Å². The molecule has 0 aromatic heterocycles. The van der Waals surface area contributed by atoms with Crippen LogP contribution in [0.25, 0.3) is 0 Å². The van der Waals surface area contributed by atoms with Gasteiger partial charge in [-0.05, 0) is 12.5 Å². The van der Waals surface area contributed by atoms with Gasteiger partial charge in [0.2, 0.25) is 0 Å². The van der Waals surface area contributed by atoms with Gasteiger partial charge >= 0.3 is 0 Å². The normalized spacial score (nSPS) is 26.3. The summed E-state index contributed by atoms with van der Waals surface area (Å²) in [5, 5.41) is 0. The molecule has 1 nitrogen and oxygen atoms in total. The van der Waals surface area contributed by atoms with Crippen molar-refractivity contribution in [3.05, 3.63) is 12.4 Å². The van der Waals surface area contributed by atoms with E-state index >= 15 is 0 Å². The van der Waals surface area contributed by atoms with Gasteiger partial charge in [0.25, 0.3) is 0 Å². The van der Waals surface area contributed by atoms with Crippen LogP contribution in [0.3, 0.4) is 0 Å². The number of allylic oxidation sites excluding steroid dienone is 1. The fourth-order valence-electron chi connectivity index (χ4n) is 1.22. The topological polar surface area (TPSA) is 9.23 Å². The monoisotopic (exact) mass is 160 g/mol. The second kappa shape index (κ2) is 3.88.